The fraction of sp³-hybridized carbons (Fsp3) is 0.467. The Morgan fingerprint density at radius 2 is 2.15 bits per heavy atom. The molecule has 1 aliphatic heterocycles. The number of Topliss-reactive ketones (excluding diaryl/α,β-unsaturated/α-hetero) is 1. The molecule has 0 bridgehead atoms. The van der Waals surface area contributed by atoms with Crippen LogP contribution in [0.1, 0.15) is 37.0 Å². The summed E-state index contributed by atoms with van der Waals surface area (Å²) in [6.45, 7) is 4.02. The number of carbonyl (C=O) groups is 2. The number of nitrogens with one attached hydrogen (secondary N) is 1. The van der Waals surface area contributed by atoms with E-state index >= 15 is 0 Å². The van der Waals surface area contributed by atoms with Crippen LogP contribution in [0.5, 0.6) is 0 Å². The van der Waals surface area contributed by atoms with E-state index in [1.807, 2.05) is 13.8 Å². The van der Waals surface area contributed by atoms with Gasteiger partial charge in [0.1, 0.15) is 5.82 Å². The van der Waals surface area contributed by atoms with Gasteiger partial charge in [-0.25, -0.2) is 4.39 Å². The summed E-state index contributed by atoms with van der Waals surface area (Å²) in [5, 5.41) is 3.15. The van der Waals surface area contributed by atoms with Crippen LogP contribution in [0.15, 0.2) is 18.2 Å². The minimum atomic E-state index is -0.449. The summed E-state index contributed by atoms with van der Waals surface area (Å²) in [6, 6.07) is 3.75. The first-order valence-corrected chi connectivity index (χ1v) is 6.77. The van der Waals surface area contributed by atoms with Crippen LogP contribution in [0.25, 0.3) is 0 Å². The maximum atomic E-state index is 13.3. The lowest BCUT2D eigenvalue weighted by atomic mass is 9.79. The maximum Gasteiger partial charge on any atom is 0.219 e. The van der Waals surface area contributed by atoms with Crippen molar-refractivity contribution < 1.29 is 14.0 Å². The number of primary amides is 1. The van der Waals surface area contributed by atoms with E-state index < -0.39 is 11.7 Å². The molecule has 0 aromatic heterocycles. The van der Waals surface area contributed by atoms with Crippen molar-refractivity contribution in [1.29, 1.82) is 0 Å². The van der Waals surface area contributed by atoms with E-state index in [4.69, 9.17) is 5.73 Å². The summed E-state index contributed by atoms with van der Waals surface area (Å²) < 4.78 is 13.3. The summed E-state index contributed by atoms with van der Waals surface area (Å²) in [5.41, 5.74) is 6.19. The third-order valence-electron chi connectivity index (χ3n) is 3.56. The van der Waals surface area contributed by atoms with Crippen LogP contribution < -0.4 is 11.1 Å². The van der Waals surface area contributed by atoms with Crippen molar-refractivity contribution in [2.45, 2.75) is 32.7 Å². The molecule has 2 unspecified atom stereocenters. The number of fused-ring (bicyclic) bond motifs is 1. The summed E-state index contributed by atoms with van der Waals surface area (Å²) in [7, 11) is 0. The highest BCUT2D eigenvalue weighted by atomic mass is 19.1. The third-order valence-corrected chi connectivity index (χ3v) is 3.56. The van der Waals surface area contributed by atoms with Crippen molar-refractivity contribution in [1.82, 2.24) is 0 Å². The molecule has 3 N–H and O–H groups in total. The Morgan fingerprint density at radius 3 is 2.75 bits per heavy atom. The molecule has 0 radical (unpaired) electrons. The number of halogens is 1. The second kappa shape index (κ2) is 5.61. The number of benzene rings is 1. The van der Waals surface area contributed by atoms with Gasteiger partial charge in [-0.2, -0.15) is 0 Å². The van der Waals surface area contributed by atoms with Crippen LogP contribution >= 0.6 is 0 Å². The Kier molecular flexibility index (Phi) is 4.06. The normalized spacial score (nSPS) is 21.5. The van der Waals surface area contributed by atoms with Crippen LogP contribution in [0.2, 0.25) is 0 Å². The molecule has 1 heterocycles. The van der Waals surface area contributed by atoms with Crippen molar-refractivity contribution in [2.24, 2.45) is 17.6 Å². The smallest absolute Gasteiger partial charge is 0.219 e. The molecular formula is C15H19FN2O2. The van der Waals surface area contributed by atoms with Crippen LogP contribution in [0, 0.1) is 17.7 Å². The monoisotopic (exact) mass is 278 g/mol. The van der Waals surface area contributed by atoms with Crippen molar-refractivity contribution >= 4 is 17.4 Å². The van der Waals surface area contributed by atoms with Gasteiger partial charge in [-0.1, -0.05) is 13.8 Å². The van der Waals surface area contributed by atoms with Gasteiger partial charge in [0, 0.05) is 29.6 Å². The van der Waals surface area contributed by atoms with E-state index in [0.29, 0.717) is 23.6 Å². The Labute approximate surface area is 117 Å². The van der Waals surface area contributed by atoms with Gasteiger partial charge in [-0.3, -0.25) is 9.59 Å². The van der Waals surface area contributed by atoms with Crippen LogP contribution in [-0.2, 0) is 4.79 Å². The first-order chi connectivity index (χ1) is 9.38. The lowest BCUT2D eigenvalue weighted by Crippen LogP contribution is -2.42. The number of rotatable bonds is 4. The molecular weight excluding hydrogens is 259 g/mol. The van der Waals surface area contributed by atoms with Gasteiger partial charge >= 0.3 is 0 Å². The number of anilines is 1. The average Bonchev–Trinajstić information content (AvgIpc) is 2.34. The molecule has 1 aromatic rings. The number of hydrogen-bond donors (Lipinski definition) is 2. The van der Waals surface area contributed by atoms with Gasteiger partial charge in [0.2, 0.25) is 5.91 Å². The molecule has 2 atom stereocenters. The summed E-state index contributed by atoms with van der Waals surface area (Å²) in [6.07, 6.45) is 0.736. The molecule has 108 valence electrons. The number of nitrogens with two attached hydrogens (primary N) is 1. The minimum absolute atomic E-state index is 0.0972. The highest BCUT2D eigenvalue weighted by molar-refractivity contribution is 6.05. The van der Waals surface area contributed by atoms with E-state index in [2.05, 4.69) is 5.32 Å². The van der Waals surface area contributed by atoms with Gasteiger partial charge in [-0.05, 0) is 30.5 Å². The molecule has 1 amide bonds. The molecule has 20 heavy (non-hydrogen) atoms. The zero-order valence-corrected chi connectivity index (χ0v) is 11.7. The van der Waals surface area contributed by atoms with Crippen molar-refractivity contribution in [3.63, 3.8) is 0 Å². The first-order valence-electron chi connectivity index (χ1n) is 6.77. The standard InChI is InChI=1S/C15H19FN2O2/c1-8(2)5-10-13(7-14(17)19)18-12-4-3-9(16)6-11(12)15(10)20/h3-4,6,8,10,13,18H,5,7H2,1-2H3,(H2,17,19). The number of amides is 1. The molecule has 0 saturated carbocycles. The van der Waals surface area contributed by atoms with Crippen LogP contribution in [0.3, 0.4) is 0 Å². The fourth-order valence-electron chi connectivity index (χ4n) is 2.72. The second-order valence-corrected chi connectivity index (χ2v) is 5.71. The first kappa shape index (κ1) is 14.5. The van der Waals surface area contributed by atoms with Gasteiger partial charge in [0.15, 0.2) is 5.78 Å². The maximum absolute atomic E-state index is 13.3. The zero-order valence-electron chi connectivity index (χ0n) is 11.7. The van der Waals surface area contributed by atoms with E-state index in [1.54, 1.807) is 0 Å². The van der Waals surface area contributed by atoms with Gasteiger partial charge in [0.25, 0.3) is 0 Å². The molecule has 0 spiro atoms. The molecule has 5 heteroatoms. The van der Waals surface area contributed by atoms with Crippen molar-refractivity contribution in [2.75, 3.05) is 5.32 Å². The Hall–Kier alpha value is -1.91. The van der Waals surface area contributed by atoms with E-state index in [-0.39, 0.29) is 24.2 Å². The summed E-state index contributed by atoms with van der Waals surface area (Å²) in [5.74, 6) is -1.04. The topological polar surface area (TPSA) is 72.2 Å². The van der Waals surface area contributed by atoms with Crippen molar-refractivity contribution in [3.05, 3.63) is 29.6 Å². The molecule has 0 fully saturated rings. The lowest BCUT2D eigenvalue weighted by molar-refractivity contribution is -0.118. The molecule has 0 saturated heterocycles. The minimum Gasteiger partial charge on any atom is -0.380 e. The van der Waals surface area contributed by atoms with Gasteiger partial charge in [0.05, 0.1) is 0 Å². The predicted molar refractivity (Wildman–Crippen MR) is 74.9 cm³/mol. The highest BCUT2D eigenvalue weighted by Crippen LogP contribution is 2.33. The molecule has 0 aliphatic carbocycles. The van der Waals surface area contributed by atoms with Crippen LogP contribution in [0.4, 0.5) is 10.1 Å². The zero-order chi connectivity index (χ0) is 14.9. The Bertz CT molecular complexity index is 543. The molecule has 1 aliphatic rings. The van der Waals surface area contributed by atoms with Crippen molar-refractivity contribution in [3.8, 4) is 0 Å². The van der Waals surface area contributed by atoms with E-state index in [9.17, 15) is 14.0 Å². The quantitative estimate of drug-likeness (QED) is 0.888. The molecule has 4 nitrogen and oxygen atoms in total. The summed E-state index contributed by atoms with van der Waals surface area (Å²) >= 11 is 0. The fourth-order valence-corrected chi connectivity index (χ4v) is 2.72. The van der Waals surface area contributed by atoms with Gasteiger partial charge in [-0.15, -0.1) is 0 Å². The number of carbonyl (C=O) groups excluding carboxylic acids is 2. The third kappa shape index (κ3) is 2.98. The Morgan fingerprint density at radius 1 is 1.45 bits per heavy atom. The predicted octanol–water partition coefficient (Wildman–Crippen LogP) is 2.34. The van der Waals surface area contributed by atoms with Gasteiger partial charge < -0.3 is 11.1 Å². The lowest BCUT2D eigenvalue weighted by Gasteiger charge is -2.34. The van der Waals surface area contributed by atoms with E-state index in [0.717, 1.165) is 0 Å². The molecule has 2 rings (SSSR count). The summed E-state index contributed by atoms with van der Waals surface area (Å²) in [4.78, 5) is 23.7. The SMILES string of the molecule is CC(C)CC1C(=O)c2cc(F)ccc2NC1CC(N)=O. The molecule has 1 aromatic carbocycles. The number of ketones is 1. The second-order valence-electron chi connectivity index (χ2n) is 5.71. The van der Waals surface area contributed by atoms with E-state index in [1.165, 1.54) is 18.2 Å². The Balaban J connectivity index is 2.36. The highest BCUT2D eigenvalue weighted by Gasteiger charge is 2.36. The van der Waals surface area contributed by atoms with Crippen LogP contribution in [-0.4, -0.2) is 17.7 Å². The largest absolute Gasteiger partial charge is 0.380 e. The number of hydrogen-bond acceptors (Lipinski definition) is 3. The average molecular weight is 278 g/mol.